The summed E-state index contributed by atoms with van der Waals surface area (Å²) in [5.74, 6) is 0.473. The summed E-state index contributed by atoms with van der Waals surface area (Å²) in [6.45, 7) is 3.91. The molecule has 3 rings (SSSR count). The van der Waals surface area contributed by atoms with E-state index in [4.69, 9.17) is 4.74 Å². The summed E-state index contributed by atoms with van der Waals surface area (Å²) in [6.07, 6.45) is 3.03. The van der Waals surface area contributed by atoms with Crippen molar-refractivity contribution >= 4 is 22.2 Å². The normalized spacial score (nSPS) is 12.6. The number of ether oxygens (including phenoxy) is 1. The quantitative estimate of drug-likeness (QED) is 0.931. The third kappa shape index (κ3) is 3.22. The summed E-state index contributed by atoms with van der Waals surface area (Å²) in [5.41, 5.74) is 3.90. The zero-order valence-electron chi connectivity index (χ0n) is 13.2. The average molecular weight is 326 g/mol. The van der Waals surface area contributed by atoms with Gasteiger partial charge in [0.2, 0.25) is 0 Å². The van der Waals surface area contributed by atoms with Crippen LogP contribution in [-0.4, -0.2) is 12.5 Å². The van der Waals surface area contributed by atoms with Crippen LogP contribution in [0.3, 0.4) is 0 Å². The molecule has 1 amide bonds. The Bertz CT molecular complexity index is 802. The molecule has 0 bridgehead atoms. The number of rotatable bonds is 4. The number of anilines is 1. The number of carbonyl (C=O) groups is 1. The van der Waals surface area contributed by atoms with Gasteiger partial charge in [0, 0.05) is 4.88 Å². The van der Waals surface area contributed by atoms with Gasteiger partial charge in [-0.25, -0.2) is 0 Å². The molecular weight excluding hydrogens is 308 g/mol. The minimum Gasteiger partial charge on any atom is -0.483 e. The Balaban J connectivity index is 1.65. The van der Waals surface area contributed by atoms with Crippen LogP contribution in [0.4, 0.5) is 5.00 Å². The fourth-order valence-corrected chi connectivity index (χ4v) is 4.13. The van der Waals surface area contributed by atoms with Gasteiger partial charge in [0.05, 0.1) is 5.56 Å². The van der Waals surface area contributed by atoms with Crippen molar-refractivity contribution < 1.29 is 9.53 Å². The Labute approximate surface area is 139 Å². The zero-order chi connectivity index (χ0) is 16.4. The Kier molecular flexibility index (Phi) is 4.35. The molecule has 5 heteroatoms. The van der Waals surface area contributed by atoms with Crippen molar-refractivity contribution in [2.75, 3.05) is 11.9 Å². The zero-order valence-corrected chi connectivity index (χ0v) is 14.0. The molecule has 1 N–H and O–H groups in total. The van der Waals surface area contributed by atoms with Crippen molar-refractivity contribution in [3.05, 3.63) is 45.3 Å². The molecule has 0 aliphatic heterocycles. The Hall–Kier alpha value is -2.32. The summed E-state index contributed by atoms with van der Waals surface area (Å²) in [4.78, 5) is 13.3. The molecule has 23 heavy (non-hydrogen) atoms. The Morgan fingerprint density at radius 3 is 2.96 bits per heavy atom. The maximum Gasteiger partial charge on any atom is 0.262 e. The van der Waals surface area contributed by atoms with Crippen LogP contribution < -0.4 is 10.1 Å². The molecule has 1 aromatic carbocycles. The van der Waals surface area contributed by atoms with E-state index < -0.39 is 0 Å². The van der Waals surface area contributed by atoms with Crippen LogP contribution in [-0.2, 0) is 17.6 Å². The van der Waals surface area contributed by atoms with Gasteiger partial charge in [-0.3, -0.25) is 4.79 Å². The number of benzene rings is 1. The molecule has 0 radical (unpaired) electrons. The summed E-state index contributed by atoms with van der Waals surface area (Å²) < 4.78 is 5.59. The number of hydrogen-bond acceptors (Lipinski definition) is 4. The molecule has 1 heterocycles. The van der Waals surface area contributed by atoms with Crippen LogP contribution in [0, 0.1) is 25.2 Å². The van der Waals surface area contributed by atoms with E-state index in [1.807, 2.05) is 32.0 Å². The average Bonchev–Trinajstić information content (AvgIpc) is 3.06. The third-order valence-electron chi connectivity index (χ3n) is 3.98. The van der Waals surface area contributed by atoms with E-state index in [0.29, 0.717) is 16.3 Å². The first-order chi connectivity index (χ1) is 11.1. The maximum absolute atomic E-state index is 12.1. The van der Waals surface area contributed by atoms with Crippen molar-refractivity contribution in [2.24, 2.45) is 0 Å². The van der Waals surface area contributed by atoms with Gasteiger partial charge in [0.1, 0.15) is 16.8 Å². The van der Waals surface area contributed by atoms with Gasteiger partial charge in [0.15, 0.2) is 6.61 Å². The highest BCUT2D eigenvalue weighted by Crippen LogP contribution is 2.38. The first-order valence-electron chi connectivity index (χ1n) is 7.63. The van der Waals surface area contributed by atoms with Crippen molar-refractivity contribution in [3.8, 4) is 11.8 Å². The molecule has 0 spiro atoms. The summed E-state index contributed by atoms with van der Waals surface area (Å²) >= 11 is 1.52. The fourth-order valence-electron chi connectivity index (χ4n) is 2.88. The van der Waals surface area contributed by atoms with Gasteiger partial charge in [-0.15, -0.1) is 11.3 Å². The van der Waals surface area contributed by atoms with E-state index >= 15 is 0 Å². The van der Waals surface area contributed by atoms with Crippen LogP contribution in [0.2, 0.25) is 0 Å². The lowest BCUT2D eigenvalue weighted by Crippen LogP contribution is -2.20. The summed E-state index contributed by atoms with van der Waals surface area (Å²) in [6, 6.07) is 8.07. The van der Waals surface area contributed by atoms with Crippen molar-refractivity contribution in [3.63, 3.8) is 0 Å². The van der Waals surface area contributed by atoms with Crippen molar-refractivity contribution in [2.45, 2.75) is 33.1 Å². The Morgan fingerprint density at radius 1 is 1.39 bits per heavy atom. The molecule has 118 valence electrons. The molecule has 0 atom stereocenters. The number of thiophene rings is 1. The van der Waals surface area contributed by atoms with Gasteiger partial charge in [-0.05, 0) is 50.3 Å². The van der Waals surface area contributed by atoms with Gasteiger partial charge < -0.3 is 10.1 Å². The number of fused-ring (bicyclic) bond motifs is 1. The van der Waals surface area contributed by atoms with E-state index in [-0.39, 0.29) is 12.5 Å². The van der Waals surface area contributed by atoms with Crippen LogP contribution in [0.15, 0.2) is 18.2 Å². The number of nitrogens with one attached hydrogen (secondary N) is 1. The summed E-state index contributed by atoms with van der Waals surface area (Å²) in [5, 5.41) is 12.8. The minimum atomic E-state index is -0.235. The van der Waals surface area contributed by atoms with Crippen LogP contribution in [0.1, 0.15) is 33.6 Å². The predicted molar refractivity (Wildman–Crippen MR) is 91.1 cm³/mol. The monoisotopic (exact) mass is 326 g/mol. The number of carbonyl (C=O) groups excluding carboxylic acids is 1. The topological polar surface area (TPSA) is 62.1 Å². The Morgan fingerprint density at radius 2 is 2.22 bits per heavy atom. The van der Waals surface area contributed by atoms with Crippen molar-refractivity contribution in [1.29, 1.82) is 5.26 Å². The number of aryl methyl sites for hydroxylation is 3. The minimum absolute atomic E-state index is 0.0582. The molecule has 0 saturated heterocycles. The fraction of sp³-hybridized carbons (Fsp3) is 0.333. The van der Waals surface area contributed by atoms with Crippen LogP contribution >= 0.6 is 11.3 Å². The molecule has 0 fully saturated rings. The van der Waals surface area contributed by atoms with E-state index in [9.17, 15) is 10.1 Å². The second kappa shape index (κ2) is 6.43. The number of nitriles is 1. The molecular formula is C18H18N2O2S. The van der Waals surface area contributed by atoms with E-state index in [2.05, 4.69) is 11.4 Å². The smallest absolute Gasteiger partial charge is 0.262 e. The highest BCUT2D eigenvalue weighted by Gasteiger charge is 2.23. The van der Waals surface area contributed by atoms with Crippen LogP contribution in [0.25, 0.3) is 0 Å². The largest absolute Gasteiger partial charge is 0.483 e. The van der Waals surface area contributed by atoms with E-state index in [1.54, 1.807) is 0 Å². The SMILES string of the molecule is Cc1ccc(OCC(=O)Nc2sc3c(c2C#N)CCC3)c(C)c1. The highest BCUT2D eigenvalue weighted by molar-refractivity contribution is 7.16. The molecule has 1 aliphatic rings. The lowest BCUT2D eigenvalue weighted by atomic mass is 10.1. The number of hydrogen-bond donors (Lipinski definition) is 1. The molecule has 0 saturated carbocycles. The number of amides is 1. The highest BCUT2D eigenvalue weighted by atomic mass is 32.1. The lowest BCUT2D eigenvalue weighted by molar-refractivity contribution is -0.118. The van der Waals surface area contributed by atoms with Gasteiger partial charge in [-0.1, -0.05) is 17.7 Å². The molecule has 2 aromatic rings. The maximum atomic E-state index is 12.1. The van der Waals surface area contributed by atoms with E-state index in [1.165, 1.54) is 16.2 Å². The predicted octanol–water partition coefficient (Wildman–Crippen LogP) is 3.74. The standard InChI is InChI=1S/C18H18N2O2S/c1-11-6-7-15(12(2)8-11)22-10-17(21)20-18-14(9-19)13-4-3-5-16(13)23-18/h6-8H,3-5,10H2,1-2H3,(H,20,21). The molecule has 1 aromatic heterocycles. The first-order valence-corrected chi connectivity index (χ1v) is 8.44. The second-order valence-electron chi connectivity index (χ2n) is 5.78. The van der Waals surface area contributed by atoms with E-state index in [0.717, 1.165) is 36.0 Å². The third-order valence-corrected chi connectivity index (χ3v) is 5.18. The van der Waals surface area contributed by atoms with Gasteiger partial charge >= 0.3 is 0 Å². The first kappa shape index (κ1) is 15.6. The van der Waals surface area contributed by atoms with Gasteiger partial charge in [0.25, 0.3) is 5.91 Å². The van der Waals surface area contributed by atoms with Crippen molar-refractivity contribution in [1.82, 2.24) is 0 Å². The van der Waals surface area contributed by atoms with Crippen LogP contribution in [0.5, 0.6) is 5.75 Å². The van der Waals surface area contributed by atoms with Gasteiger partial charge in [-0.2, -0.15) is 5.26 Å². The molecule has 1 aliphatic carbocycles. The lowest BCUT2D eigenvalue weighted by Gasteiger charge is -2.09. The second-order valence-corrected chi connectivity index (χ2v) is 6.88. The molecule has 0 unspecified atom stereocenters. The molecule has 4 nitrogen and oxygen atoms in total. The summed E-state index contributed by atoms with van der Waals surface area (Å²) in [7, 11) is 0. The number of nitrogens with zero attached hydrogens (tertiary/aromatic N) is 1.